The Morgan fingerprint density at radius 3 is 1.42 bits per heavy atom. The monoisotopic (exact) mass is 661 g/mol. The van der Waals surface area contributed by atoms with Gasteiger partial charge >= 0.3 is 0 Å². The standard InChI is InChI=1S/C49H31N3/c1-4-17-41-33(10-1)13-8-20-43(41)36-24-22-32(23-25-36)37-15-7-16-39(30-37)47-50-48(52-49(51-47)46-21-9-14-34-11-2-6-19-44(34)46)40-28-29-45-38(31-40)27-26-35-12-3-5-18-42(35)45/h1-31H. The van der Waals surface area contributed by atoms with Crippen LogP contribution in [0.3, 0.4) is 0 Å². The maximum atomic E-state index is 5.15. The fourth-order valence-electron chi connectivity index (χ4n) is 7.48. The van der Waals surface area contributed by atoms with Gasteiger partial charge in [-0.25, -0.2) is 15.0 Å². The molecule has 52 heavy (non-hydrogen) atoms. The highest BCUT2D eigenvalue weighted by Crippen LogP contribution is 2.35. The summed E-state index contributed by atoms with van der Waals surface area (Å²) in [6.07, 6.45) is 0. The first-order valence-electron chi connectivity index (χ1n) is 17.6. The van der Waals surface area contributed by atoms with Gasteiger partial charge in [-0.2, -0.15) is 0 Å². The quantitative estimate of drug-likeness (QED) is 0.172. The molecule has 0 aliphatic heterocycles. The minimum atomic E-state index is 0.640. The lowest BCUT2D eigenvalue weighted by Gasteiger charge is -2.12. The number of hydrogen-bond acceptors (Lipinski definition) is 3. The fourth-order valence-corrected chi connectivity index (χ4v) is 7.48. The molecule has 0 atom stereocenters. The third-order valence-electron chi connectivity index (χ3n) is 10.1. The summed E-state index contributed by atoms with van der Waals surface area (Å²) in [6.45, 7) is 0. The topological polar surface area (TPSA) is 38.7 Å². The highest BCUT2D eigenvalue weighted by atomic mass is 15.0. The maximum absolute atomic E-state index is 5.15. The van der Waals surface area contributed by atoms with E-state index in [-0.39, 0.29) is 0 Å². The Morgan fingerprint density at radius 2 is 0.692 bits per heavy atom. The molecule has 1 aromatic heterocycles. The first kappa shape index (κ1) is 29.9. The van der Waals surface area contributed by atoms with Gasteiger partial charge < -0.3 is 0 Å². The van der Waals surface area contributed by atoms with Gasteiger partial charge in [-0.1, -0.05) is 176 Å². The van der Waals surface area contributed by atoms with Crippen molar-refractivity contribution in [2.75, 3.05) is 0 Å². The van der Waals surface area contributed by atoms with Gasteiger partial charge in [0.25, 0.3) is 0 Å². The molecule has 1 heterocycles. The van der Waals surface area contributed by atoms with Gasteiger partial charge in [0.1, 0.15) is 0 Å². The van der Waals surface area contributed by atoms with Crippen molar-refractivity contribution in [3.05, 3.63) is 188 Å². The second-order valence-corrected chi connectivity index (χ2v) is 13.2. The van der Waals surface area contributed by atoms with Crippen LogP contribution in [-0.2, 0) is 0 Å². The van der Waals surface area contributed by atoms with E-state index in [2.05, 4.69) is 188 Å². The predicted octanol–water partition coefficient (Wildman–Crippen LogP) is 12.8. The summed E-state index contributed by atoms with van der Waals surface area (Å²) in [5.74, 6) is 1.94. The second kappa shape index (κ2) is 12.4. The van der Waals surface area contributed by atoms with Crippen LogP contribution in [0, 0.1) is 0 Å². The molecule has 3 nitrogen and oxygen atoms in total. The van der Waals surface area contributed by atoms with Gasteiger partial charge in [0.2, 0.25) is 0 Å². The summed E-state index contributed by atoms with van der Waals surface area (Å²) >= 11 is 0. The van der Waals surface area contributed by atoms with Crippen LogP contribution in [0.2, 0.25) is 0 Å². The van der Waals surface area contributed by atoms with Crippen LogP contribution in [-0.4, -0.2) is 15.0 Å². The van der Waals surface area contributed by atoms with Gasteiger partial charge in [-0.3, -0.25) is 0 Å². The summed E-state index contributed by atoms with van der Waals surface area (Å²) in [5, 5.41) is 9.59. The highest BCUT2D eigenvalue weighted by Gasteiger charge is 2.16. The van der Waals surface area contributed by atoms with Gasteiger partial charge in [0.05, 0.1) is 0 Å². The molecule has 0 N–H and O–H groups in total. The molecule has 242 valence electrons. The number of fused-ring (bicyclic) bond motifs is 5. The Bertz CT molecular complexity index is 2950. The van der Waals surface area contributed by atoms with Crippen LogP contribution in [0.1, 0.15) is 0 Å². The van der Waals surface area contributed by atoms with Crippen LogP contribution in [0.15, 0.2) is 188 Å². The Labute approximate surface area is 301 Å². The Hall–Kier alpha value is -6.97. The number of aromatic nitrogens is 3. The van der Waals surface area contributed by atoms with E-state index in [4.69, 9.17) is 15.0 Å². The first-order chi connectivity index (χ1) is 25.7. The van der Waals surface area contributed by atoms with Gasteiger partial charge in [0.15, 0.2) is 17.5 Å². The zero-order chi connectivity index (χ0) is 34.4. The lowest BCUT2D eigenvalue weighted by Crippen LogP contribution is -2.00. The predicted molar refractivity (Wildman–Crippen MR) is 217 cm³/mol. The lowest BCUT2D eigenvalue weighted by atomic mass is 9.96. The van der Waals surface area contributed by atoms with Crippen molar-refractivity contribution in [1.82, 2.24) is 15.0 Å². The summed E-state index contributed by atoms with van der Waals surface area (Å²) in [4.78, 5) is 15.4. The molecular formula is C49H31N3. The SMILES string of the molecule is c1cc(-c2ccc(-c3cccc4ccccc34)cc2)cc(-c2nc(-c3ccc4c(ccc5ccccc54)c3)nc(-c3cccc4ccccc34)n2)c1. The van der Waals surface area contributed by atoms with E-state index in [1.54, 1.807) is 0 Å². The van der Waals surface area contributed by atoms with E-state index < -0.39 is 0 Å². The molecule has 0 amide bonds. The van der Waals surface area contributed by atoms with E-state index in [0.717, 1.165) is 44.0 Å². The average molecular weight is 662 g/mol. The van der Waals surface area contributed by atoms with Gasteiger partial charge in [-0.05, 0) is 77.5 Å². The van der Waals surface area contributed by atoms with Gasteiger partial charge in [-0.15, -0.1) is 0 Å². The van der Waals surface area contributed by atoms with Gasteiger partial charge in [0, 0.05) is 16.7 Å². The van der Waals surface area contributed by atoms with Crippen LogP contribution in [0.4, 0.5) is 0 Å². The third kappa shape index (κ3) is 5.28. The van der Waals surface area contributed by atoms with E-state index in [1.165, 1.54) is 38.1 Å². The molecule has 10 aromatic rings. The molecule has 9 aromatic carbocycles. The van der Waals surface area contributed by atoms with Crippen molar-refractivity contribution < 1.29 is 0 Å². The number of benzene rings is 9. The summed E-state index contributed by atoms with van der Waals surface area (Å²) in [7, 11) is 0. The number of rotatable bonds is 5. The Kier molecular flexibility index (Phi) is 7.14. The molecule has 0 saturated carbocycles. The number of hydrogen-bond donors (Lipinski definition) is 0. The molecule has 0 saturated heterocycles. The summed E-state index contributed by atoms with van der Waals surface area (Å²) < 4.78 is 0. The summed E-state index contributed by atoms with van der Waals surface area (Å²) in [6, 6.07) is 66.5. The van der Waals surface area contributed by atoms with Crippen LogP contribution in [0.5, 0.6) is 0 Å². The molecule has 10 rings (SSSR count). The van der Waals surface area contributed by atoms with Crippen LogP contribution < -0.4 is 0 Å². The van der Waals surface area contributed by atoms with Crippen LogP contribution in [0.25, 0.3) is 99.5 Å². The normalized spacial score (nSPS) is 11.5. The molecular weight excluding hydrogens is 631 g/mol. The zero-order valence-electron chi connectivity index (χ0n) is 28.2. The van der Waals surface area contributed by atoms with Crippen molar-refractivity contribution in [1.29, 1.82) is 0 Å². The minimum Gasteiger partial charge on any atom is -0.208 e. The van der Waals surface area contributed by atoms with E-state index in [1.807, 2.05) is 0 Å². The Morgan fingerprint density at radius 1 is 0.231 bits per heavy atom. The maximum Gasteiger partial charge on any atom is 0.164 e. The molecule has 0 unspecified atom stereocenters. The van der Waals surface area contributed by atoms with Crippen LogP contribution >= 0.6 is 0 Å². The smallest absolute Gasteiger partial charge is 0.164 e. The van der Waals surface area contributed by atoms with E-state index in [9.17, 15) is 0 Å². The molecule has 0 radical (unpaired) electrons. The third-order valence-corrected chi connectivity index (χ3v) is 10.1. The minimum absolute atomic E-state index is 0.640. The lowest BCUT2D eigenvalue weighted by molar-refractivity contribution is 1.08. The first-order valence-corrected chi connectivity index (χ1v) is 17.6. The average Bonchev–Trinajstić information content (AvgIpc) is 3.23. The fraction of sp³-hybridized carbons (Fsp3) is 0. The van der Waals surface area contributed by atoms with Crippen molar-refractivity contribution in [2.24, 2.45) is 0 Å². The zero-order valence-corrected chi connectivity index (χ0v) is 28.2. The summed E-state index contributed by atoms with van der Waals surface area (Å²) in [5.41, 5.74) is 7.54. The molecule has 0 aliphatic rings. The van der Waals surface area contributed by atoms with Crippen molar-refractivity contribution in [3.63, 3.8) is 0 Å². The molecule has 0 fully saturated rings. The van der Waals surface area contributed by atoms with Crippen molar-refractivity contribution in [2.45, 2.75) is 0 Å². The van der Waals surface area contributed by atoms with Crippen molar-refractivity contribution >= 4 is 43.1 Å². The molecule has 0 bridgehead atoms. The van der Waals surface area contributed by atoms with E-state index in [0.29, 0.717) is 17.5 Å². The van der Waals surface area contributed by atoms with Crippen molar-refractivity contribution in [3.8, 4) is 56.4 Å². The highest BCUT2D eigenvalue weighted by molar-refractivity contribution is 6.08. The molecule has 0 aliphatic carbocycles. The number of nitrogens with zero attached hydrogens (tertiary/aromatic N) is 3. The molecule has 0 spiro atoms. The largest absolute Gasteiger partial charge is 0.208 e. The van der Waals surface area contributed by atoms with E-state index >= 15 is 0 Å². The second-order valence-electron chi connectivity index (χ2n) is 13.2. The Balaban J connectivity index is 1.09. The molecule has 3 heteroatoms.